The van der Waals surface area contributed by atoms with Crippen LogP contribution in [-0.4, -0.2) is 23.1 Å². The Kier molecular flexibility index (Phi) is 12.5. The fourth-order valence-corrected chi connectivity index (χ4v) is 5.21. The number of carboxylic acid groups (broad SMARTS) is 1. The zero-order chi connectivity index (χ0) is 26.3. The van der Waals surface area contributed by atoms with Crippen LogP contribution < -0.4 is 0 Å². The van der Waals surface area contributed by atoms with Gasteiger partial charge in [-0.1, -0.05) is 113 Å². The van der Waals surface area contributed by atoms with Crippen LogP contribution in [0.5, 0.6) is 0 Å². The lowest BCUT2D eigenvalue weighted by Gasteiger charge is -2.19. The van der Waals surface area contributed by atoms with Crippen LogP contribution in [-0.2, 0) is 9.53 Å². The molecule has 200 valence electrons. The summed E-state index contributed by atoms with van der Waals surface area (Å²) in [5, 5.41) is 12.9. The van der Waals surface area contributed by atoms with E-state index in [1.54, 1.807) is 0 Å². The van der Waals surface area contributed by atoms with E-state index in [0.29, 0.717) is 18.4 Å². The van der Waals surface area contributed by atoms with Gasteiger partial charge in [-0.2, -0.15) is 0 Å². The fraction of sp³-hybridized carbons (Fsp3) is 0.515. The molecule has 0 aliphatic heterocycles. The van der Waals surface area contributed by atoms with Gasteiger partial charge in [0.25, 0.3) is 0 Å². The summed E-state index contributed by atoms with van der Waals surface area (Å²) in [5.41, 5.74) is 0.632. The standard InChI is InChI=1S/C33H44O4/c1-2-3-4-5-6-7-8-9-10-11-20-28(21-14-17-24-31(34)35)37-33(36)32-29-22-15-12-18-26(29)25-27-19-13-16-23-30(27)32/h12-13,15-16,18-19,22-23,25,28H,2-11,14,17,20-21,24H2,1H3,(H,34,35)/t28-/m1/s1. The fourth-order valence-electron chi connectivity index (χ4n) is 5.21. The van der Waals surface area contributed by atoms with E-state index < -0.39 is 5.97 Å². The van der Waals surface area contributed by atoms with Crippen molar-refractivity contribution in [1.29, 1.82) is 0 Å². The molecule has 0 saturated carbocycles. The number of hydrogen-bond donors (Lipinski definition) is 1. The molecule has 0 aliphatic carbocycles. The van der Waals surface area contributed by atoms with Gasteiger partial charge >= 0.3 is 11.9 Å². The number of aliphatic carboxylic acids is 1. The highest BCUT2D eigenvalue weighted by Gasteiger charge is 2.20. The van der Waals surface area contributed by atoms with E-state index in [0.717, 1.165) is 47.2 Å². The molecule has 4 nitrogen and oxygen atoms in total. The first-order valence-electron chi connectivity index (χ1n) is 14.4. The van der Waals surface area contributed by atoms with E-state index in [9.17, 15) is 9.59 Å². The van der Waals surface area contributed by atoms with E-state index in [1.165, 1.54) is 51.4 Å². The maximum atomic E-state index is 13.6. The Morgan fingerprint density at radius 2 is 1.19 bits per heavy atom. The summed E-state index contributed by atoms with van der Waals surface area (Å²) < 4.78 is 6.16. The van der Waals surface area contributed by atoms with Crippen LogP contribution in [0.1, 0.15) is 114 Å². The van der Waals surface area contributed by atoms with Crippen molar-refractivity contribution in [2.24, 2.45) is 0 Å². The second-order valence-corrected chi connectivity index (χ2v) is 10.3. The van der Waals surface area contributed by atoms with Gasteiger partial charge in [-0.3, -0.25) is 4.79 Å². The van der Waals surface area contributed by atoms with E-state index >= 15 is 0 Å². The molecule has 0 bridgehead atoms. The molecule has 0 aromatic heterocycles. The van der Waals surface area contributed by atoms with Gasteiger partial charge in [-0.25, -0.2) is 4.79 Å². The molecule has 0 aliphatic rings. The summed E-state index contributed by atoms with van der Waals surface area (Å²) in [6, 6.07) is 18.1. The lowest BCUT2D eigenvalue weighted by molar-refractivity contribution is -0.137. The Hall–Kier alpha value is -2.88. The average Bonchev–Trinajstić information content (AvgIpc) is 2.90. The van der Waals surface area contributed by atoms with Crippen LogP contribution in [0.15, 0.2) is 54.6 Å². The minimum Gasteiger partial charge on any atom is -0.481 e. The van der Waals surface area contributed by atoms with Crippen molar-refractivity contribution < 1.29 is 19.4 Å². The molecule has 0 radical (unpaired) electrons. The second-order valence-electron chi connectivity index (χ2n) is 10.3. The van der Waals surface area contributed by atoms with Gasteiger partial charge in [0.15, 0.2) is 0 Å². The maximum Gasteiger partial charge on any atom is 0.339 e. The molecule has 3 rings (SSSR count). The molecule has 37 heavy (non-hydrogen) atoms. The minimum atomic E-state index is -0.773. The summed E-state index contributed by atoms with van der Waals surface area (Å²) in [6.07, 6.45) is 15.5. The molecule has 0 saturated heterocycles. The zero-order valence-electron chi connectivity index (χ0n) is 22.6. The molecule has 0 unspecified atom stereocenters. The minimum absolute atomic E-state index is 0.160. The Balaban J connectivity index is 1.60. The van der Waals surface area contributed by atoms with Gasteiger partial charge in [0.1, 0.15) is 6.10 Å². The molecule has 4 heteroatoms. The largest absolute Gasteiger partial charge is 0.481 e. The summed E-state index contributed by atoms with van der Waals surface area (Å²) in [6.45, 7) is 2.25. The third kappa shape index (κ3) is 9.50. The molecule has 1 N–H and O–H groups in total. The Morgan fingerprint density at radius 1 is 0.703 bits per heavy atom. The molecule has 3 aromatic carbocycles. The lowest BCUT2D eigenvalue weighted by atomic mass is 9.96. The number of carboxylic acids is 1. The molecule has 0 amide bonds. The Bertz CT molecular complexity index is 1070. The van der Waals surface area contributed by atoms with Crippen molar-refractivity contribution in [3.63, 3.8) is 0 Å². The summed E-state index contributed by atoms with van der Waals surface area (Å²) >= 11 is 0. The number of benzene rings is 3. The van der Waals surface area contributed by atoms with Crippen molar-refractivity contribution in [2.45, 2.75) is 109 Å². The molecule has 0 spiro atoms. The molecule has 3 aromatic rings. The quantitative estimate of drug-likeness (QED) is 0.106. The van der Waals surface area contributed by atoms with Crippen LogP contribution in [0, 0.1) is 0 Å². The maximum absolute atomic E-state index is 13.6. The number of esters is 1. The molecule has 0 fully saturated rings. The first-order valence-corrected chi connectivity index (χ1v) is 14.4. The van der Waals surface area contributed by atoms with Crippen LogP contribution in [0.2, 0.25) is 0 Å². The van der Waals surface area contributed by atoms with Gasteiger partial charge in [-0.15, -0.1) is 0 Å². The second kappa shape index (κ2) is 16.1. The predicted molar refractivity (Wildman–Crippen MR) is 153 cm³/mol. The van der Waals surface area contributed by atoms with Gasteiger partial charge < -0.3 is 9.84 Å². The SMILES string of the molecule is CCCCCCCCCCCC[C@H](CCCCC(=O)O)OC(=O)c1c2ccccc2cc2ccccc12. The predicted octanol–water partition coefficient (Wildman–Crippen LogP) is 9.47. The molecular formula is C33H44O4. The van der Waals surface area contributed by atoms with Gasteiger partial charge in [0.05, 0.1) is 5.56 Å². The Morgan fingerprint density at radius 3 is 1.73 bits per heavy atom. The van der Waals surface area contributed by atoms with Gasteiger partial charge in [0.2, 0.25) is 0 Å². The van der Waals surface area contributed by atoms with Gasteiger partial charge in [-0.05, 0) is 59.7 Å². The van der Waals surface area contributed by atoms with Crippen molar-refractivity contribution >= 4 is 33.5 Å². The van der Waals surface area contributed by atoms with Crippen LogP contribution in [0.4, 0.5) is 0 Å². The van der Waals surface area contributed by atoms with E-state index in [4.69, 9.17) is 9.84 Å². The third-order valence-corrected chi connectivity index (χ3v) is 7.30. The monoisotopic (exact) mass is 504 g/mol. The number of carbonyl (C=O) groups excluding carboxylic acids is 1. The van der Waals surface area contributed by atoms with Crippen LogP contribution in [0.25, 0.3) is 21.5 Å². The van der Waals surface area contributed by atoms with E-state index in [2.05, 4.69) is 13.0 Å². The lowest BCUT2D eigenvalue weighted by Crippen LogP contribution is -2.19. The Labute approximate surface area is 222 Å². The normalized spacial score (nSPS) is 12.1. The number of hydrogen-bond acceptors (Lipinski definition) is 3. The van der Waals surface area contributed by atoms with Crippen LogP contribution in [0.3, 0.4) is 0 Å². The molecule has 1 atom stereocenters. The van der Waals surface area contributed by atoms with Crippen molar-refractivity contribution in [3.05, 3.63) is 60.2 Å². The number of ether oxygens (including phenoxy) is 1. The number of fused-ring (bicyclic) bond motifs is 2. The highest BCUT2D eigenvalue weighted by Crippen LogP contribution is 2.30. The van der Waals surface area contributed by atoms with Crippen molar-refractivity contribution in [2.75, 3.05) is 0 Å². The first-order chi connectivity index (χ1) is 18.1. The highest BCUT2D eigenvalue weighted by atomic mass is 16.5. The number of rotatable bonds is 18. The third-order valence-electron chi connectivity index (χ3n) is 7.30. The average molecular weight is 505 g/mol. The smallest absolute Gasteiger partial charge is 0.339 e. The van der Waals surface area contributed by atoms with E-state index in [1.807, 2.05) is 48.5 Å². The summed E-state index contributed by atoms with van der Waals surface area (Å²) in [4.78, 5) is 24.5. The number of unbranched alkanes of at least 4 members (excludes halogenated alkanes) is 10. The highest BCUT2D eigenvalue weighted by molar-refractivity contribution is 6.16. The first kappa shape index (κ1) is 28.7. The molecular weight excluding hydrogens is 460 g/mol. The van der Waals surface area contributed by atoms with Crippen molar-refractivity contribution in [1.82, 2.24) is 0 Å². The number of carbonyl (C=O) groups is 2. The summed E-state index contributed by atoms with van der Waals surface area (Å²) in [7, 11) is 0. The topological polar surface area (TPSA) is 63.6 Å². The van der Waals surface area contributed by atoms with Crippen LogP contribution >= 0.6 is 0 Å². The zero-order valence-corrected chi connectivity index (χ0v) is 22.6. The van der Waals surface area contributed by atoms with Crippen molar-refractivity contribution in [3.8, 4) is 0 Å². The van der Waals surface area contributed by atoms with E-state index in [-0.39, 0.29) is 18.5 Å². The molecule has 0 heterocycles. The summed E-state index contributed by atoms with van der Waals surface area (Å²) in [5.74, 6) is -1.05. The van der Waals surface area contributed by atoms with Gasteiger partial charge in [0, 0.05) is 6.42 Å².